The number of hydrogen-bond donors (Lipinski definition) is 1. The van der Waals surface area contributed by atoms with E-state index in [1.165, 1.54) is 17.7 Å². The van der Waals surface area contributed by atoms with Gasteiger partial charge in [-0.05, 0) is 61.0 Å². The van der Waals surface area contributed by atoms with Crippen molar-refractivity contribution < 1.29 is 13.9 Å². The Bertz CT molecular complexity index is 948. The molecule has 0 heterocycles. The summed E-state index contributed by atoms with van der Waals surface area (Å²) in [4.78, 5) is 0. The Kier molecular flexibility index (Phi) is 7.76. The molecule has 0 fully saturated rings. The standard InChI is InChI=1S/C23H22Cl2FNO2/c1-28-21-7-2-16(3-8-21)10-11-27-14-18-12-19(24)5-9-23(18)29-15-17-4-6-20(26)13-22(17)25/h2-9,12-13,27H,10-11,14-15H2,1H3. The first-order valence-corrected chi connectivity index (χ1v) is 9.99. The topological polar surface area (TPSA) is 30.5 Å². The van der Waals surface area contributed by atoms with Gasteiger partial charge in [0.25, 0.3) is 0 Å². The van der Waals surface area contributed by atoms with Crippen LogP contribution >= 0.6 is 23.2 Å². The Morgan fingerprint density at radius 3 is 2.45 bits per heavy atom. The summed E-state index contributed by atoms with van der Waals surface area (Å²) in [7, 11) is 1.66. The summed E-state index contributed by atoms with van der Waals surface area (Å²) >= 11 is 12.2. The molecule has 1 N–H and O–H groups in total. The molecule has 6 heteroatoms. The number of nitrogens with one attached hydrogen (secondary N) is 1. The quantitative estimate of drug-likeness (QED) is 0.416. The third kappa shape index (κ3) is 6.36. The van der Waals surface area contributed by atoms with Crippen molar-refractivity contribution in [2.24, 2.45) is 0 Å². The molecule has 3 aromatic rings. The van der Waals surface area contributed by atoms with E-state index in [2.05, 4.69) is 17.4 Å². The monoisotopic (exact) mass is 433 g/mol. The molecule has 0 saturated heterocycles. The lowest BCUT2D eigenvalue weighted by Gasteiger charge is -2.14. The highest BCUT2D eigenvalue weighted by atomic mass is 35.5. The molecule has 0 aliphatic heterocycles. The minimum absolute atomic E-state index is 0.250. The van der Waals surface area contributed by atoms with Gasteiger partial charge < -0.3 is 14.8 Å². The second-order valence-electron chi connectivity index (χ2n) is 6.55. The molecular formula is C23H22Cl2FNO2. The van der Waals surface area contributed by atoms with E-state index < -0.39 is 0 Å². The van der Waals surface area contributed by atoms with Crippen LogP contribution < -0.4 is 14.8 Å². The van der Waals surface area contributed by atoms with Gasteiger partial charge in [-0.1, -0.05) is 41.4 Å². The van der Waals surface area contributed by atoms with E-state index in [4.69, 9.17) is 32.7 Å². The van der Waals surface area contributed by atoms with Crippen LogP contribution in [0.5, 0.6) is 11.5 Å². The summed E-state index contributed by atoms with van der Waals surface area (Å²) in [6, 6.07) is 17.8. The Labute approximate surface area is 180 Å². The van der Waals surface area contributed by atoms with Crippen molar-refractivity contribution >= 4 is 23.2 Å². The molecule has 0 radical (unpaired) electrons. The number of benzene rings is 3. The van der Waals surface area contributed by atoms with E-state index >= 15 is 0 Å². The molecule has 0 atom stereocenters. The van der Waals surface area contributed by atoms with Crippen LogP contribution in [-0.4, -0.2) is 13.7 Å². The van der Waals surface area contributed by atoms with Gasteiger partial charge in [-0.2, -0.15) is 0 Å². The predicted molar refractivity (Wildman–Crippen MR) is 116 cm³/mol. The SMILES string of the molecule is COc1ccc(CCNCc2cc(Cl)ccc2OCc2ccc(F)cc2Cl)cc1. The fraction of sp³-hybridized carbons (Fsp3) is 0.217. The average Bonchev–Trinajstić information content (AvgIpc) is 2.72. The minimum atomic E-state index is -0.369. The lowest BCUT2D eigenvalue weighted by molar-refractivity contribution is 0.302. The smallest absolute Gasteiger partial charge is 0.124 e. The van der Waals surface area contributed by atoms with Gasteiger partial charge in [-0.25, -0.2) is 4.39 Å². The van der Waals surface area contributed by atoms with Crippen molar-refractivity contribution in [1.82, 2.24) is 5.32 Å². The summed E-state index contributed by atoms with van der Waals surface area (Å²) in [6.07, 6.45) is 0.895. The summed E-state index contributed by atoms with van der Waals surface area (Å²) < 4.78 is 24.3. The zero-order valence-electron chi connectivity index (χ0n) is 16.1. The molecule has 3 nitrogen and oxygen atoms in total. The van der Waals surface area contributed by atoms with E-state index in [-0.39, 0.29) is 12.4 Å². The predicted octanol–water partition coefficient (Wildman–Crippen LogP) is 6.05. The molecule has 0 amide bonds. The molecule has 0 unspecified atom stereocenters. The molecule has 152 valence electrons. The van der Waals surface area contributed by atoms with Crippen LogP contribution in [0, 0.1) is 5.82 Å². The van der Waals surface area contributed by atoms with Gasteiger partial charge in [0.1, 0.15) is 23.9 Å². The molecule has 0 saturated carbocycles. The van der Waals surface area contributed by atoms with Gasteiger partial charge >= 0.3 is 0 Å². The third-order valence-corrected chi connectivity index (χ3v) is 5.07. The van der Waals surface area contributed by atoms with Gasteiger partial charge in [0, 0.05) is 22.7 Å². The fourth-order valence-corrected chi connectivity index (χ4v) is 3.29. The normalized spacial score (nSPS) is 10.8. The number of halogens is 3. The second-order valence-corrected chi connectivity index (χ2v) is 7.39. The Hall–Kier alpha value is -2.27. The maximum absolute atomic E-state index is 13.2. The van der Waals surface area contributed by atoms with Gasteiger partial charge in [0.15, 0.2) is 0 Å². The van der Waals surface area contributed by atoms with E-state index in [9.17, 15) is 4.39 Å². The summed E-state index contributed by atoms with van der Waals surface area (Å²) in [5, 5.41) is 4.41. The first-order valence-electron chi connectivity index (χ1n) is 9.24. The molecule has 29 heavy (non-hydrogen) atoms. The largest absolute Gasteiger partial charge is 0.497 e. The van der Waals surface area contributed by atoms with Crippen LogP contribution in [0.1, 0.15) is 16.7 Å². The van der Waals surface area contributed by atoms with Gasteiger partial charge in [0.05, 0.1) is 12.1 Å². The van der Waals surface area contributed by atoms with Gasteiger partial charge in [0.2, 0.25) is 0 Å². The zero-order chi connectivity index (χ0) is 20.6. The van der Waals surface area contributed by atoms with Crippen LogP contribution in [-0.2, 0) is 19.6 Å². The Morgan fingerprint density at radius 1 is 0.931 bits per heavy atom. The lowest BCUT2D eigenvalue weighted by atomic mass is 10.1. The van der Waals surface area contributed by atoms with Crippen LogP contribution in [0.25, 0.3) is 0 Å². The van der Waals surface area contributed by atoms with Crippen LogP contribution in [0.3, 0.4) is 0 Å². The lowest BCUT2D eigenvalue weighted by Crippen LogP contribution is -2.17. The number of hydrogen-bond acceptors (Lipinski definition) is 3. The maximum atomic E-state index is 13.2. The maximum Gasteiger partial charge on any atom is 0.124 e. The average molecular weight is 434 g/mol. The second kappa shape index (κ2) is 10.5. The Morgan fingerprint density at radius 2 is 1.72 bits per heavy atom. The van der Waals surface area contributed by atoms with Crippen LogP contribution in [0.15, 0.2) is 60.7 Å². The number of rotatable bonds is 9. The first-order chi connectivity index (χ1) is 14.0. The third-order valence-electron chi connectivity index (χ3n) is 4.49. The van der Waals surface area contributed by atoms with E-state index in [0.29, 0.717) is 22.3 Å². The highest BCUT2D eigenvalue weighted by molar-refractivity contribution is 6.31. The highest BCUT2D eigenvalue weighted by Crippen LogP contribution is 2.25. The van der Waals surface area contributed by atoms with Crippen molar-refractivity contribution in [2.45, 2.75) is 19.6 Å². The highest BCUT2D eigenvalue weighted by Gasteiger charge is 2.08. The Balaban J connectivity index is 1.56. The fourth-order valence-electron chi connectivity index (χ4n) is 2.87. The summed E-state index contributed by atoms with van der Waals surface area (Å²) in [6.45, 7) is 1.67. The number of ether oxygens (including phenoxy) is 2. The summed E-state index contributed by atoms with van der Waals surface area (Å²) in [5.74, 6) is 1.20. The van der Waals surface area contributed by atoms with E-state index in [1.54, 1.807) is 19.2 Å². The van der Waals surface area contributed by atoms with Crippen molar-refractivity contribution in [1.29, 1.82) is 0 Å². The first kappa shape index (κ1) is 21.4. The number of methoxy groups -OCH3 is 1. The molecule has 3 rings (SSSR count). The minimum Gasteiger partial charge on any atom is -0.497 e. The van der Waals surface area contributed by atoms with Gasteiger partial charge in [-0.3, -0.25) is 0 Å². The molecular weight excluding hydrogens is 412 g/mol. The molecule has 0 aliphatic rings. The summed E-state index contributed by atoms with van der Waals surface area (Å²) in [5.41, 5.74) is 2.90. The van der Waals surface area contributed by atoms with Crippen molar-refractivity contribution in [3.63, 3.8) is 0 Å². The van der Waals surface area contributed by atoms with Gasteiger partial charge in [-0.15, -0.1) is 0 Å². The van der Waals surface area contributed by atoms with Crippen molar-refractivity contribution in [3.05, 3.63) is 93.2 Å². The van der Waals surface area contributed by atoms with Crippen molar-refractivity contribution in [3.8, 4) is 11.5 Å². The molecule has 0 spiro atoms. The molecule has 0 aliphatic carbocycles. The van der Waals surface area contributed by atoms with Crippen LogP contribution in [0.4, 0.5) is 4.39 Å². The van der Waals surface area contributed by atoms with Crippen LogP contribution in [0.2, 0.25) is 10.0 Å². The zero-order valence-corrected chi connectivity index (χ0v) is 17.6. The van der Waals surface area contributed by atoms with Crippen molar-refractivity contribution in [2.75, 3.05) is 13.7 Å². The molecule has 0 bridgehead atoms. The van der Waals surface area contributed by atoms with E-state index in [1.807, 2.05) is 24.3 Å². The molecule has 3 aromatic carbocycles. The van der Waals surface area contributed by atoms with E-state index in [0.717, 1.165) is 29.8 Å². The molecule has 0 aromatic heterocycles.